The summed E-state index contributed by atoms with van der Waals surface area (Å²) in [5.41, 5.74) is 11.5. The first kappa shape index (κ1) is 42.2. The number of hydrogen-bond donors (Lipinski definition) is 0. The number of fused-ring (bicyclic) bond motifs is 3. The number of aromatic nitrogens is 6. The second kappa shape index (κ2) is 21.3. The summed E-state index contributed by atoms with van der Waals surface area (Å²) < 4.78 is 4.13. The molecule has 0 saturated heterocycles. The summed E-state index contributed by atoms with van der Waals surface area (Å²) in [6.45, 7) is 21.2. The van der Waals surface area contributed by atoms with Crippen molar-refractivity contribution in [1.29, 1.82) is 0 Å². The summed E-state index contributed by atoms with van der Waals surface area (Å²) in [6.07, 6.45) is 14.7. The van der Waals surface area contributed by atoms with Gasteiger partial charge in [-0.05, 0) is 128 Å². The van der Waals surface area contributed by atoms with Gasteiger partial charge in [0.15, 0.2) is 0 Å². The number of allylic oxidation sites excluding steroid dienone is 1. The van der Waals surface area contributed by atoms with E-state index in [0.717, 1.165) is 65.9 Å². The number of imidazole rings is 1. The first-order valence-corrected chi connectivity index (χ1v) is 20.3. The van der Waals surface area contributed by atoms with Crippen LogP contribution in [0.4, 0.5) is 0 Å². The first-order chi connectivity index (χ1) is 25.9. The van der Waals surface area contributed by atoms with Crippen LogP contribution in [-0.4, -0.2) is 29.5 Å². The molecule has 7 rings (SSSR count). The van der Waals surface area contributed by atoms with Crippen LogP contribution >= 0.6 is 0 Å². The van der Waals surface area contributed by atoms with E-state index in [4.69, 9.17) is 0 Å². The van der Waals surface area contributed by atoms with Crippen molar-refractivity contribution in [2.75, 3.05) is 0 Å². The van der Waals surface area contributed by atoms with Crippen molar-refractivity contribution in [3.8, 4) is 0 Å². The van der Waals surface area contributed by atoms with Gasteiger partial charge in [0.05, 0.1) is 16.6 Å². The highest BCUT2D eigenvalue weighted by atomic mass is 15.4. The van der Waals surface area contributed by atoms with E-state index in [-0.39, 0.29) is 0 Å². The number of nitrogens with zero attached hydrogens (tertiary/aromatic N) is 6. The molecule has 288 valence electrons. The van der Waals surface area contributed by atoms with Crippen molar-refractivity contribution < 1.29 is 0 Å². The van der Waals surface area contributed by atoms with Gasteiger partial charge in [-0.1, -0.05) is 122 Å². The summed E-state index contributed by atoms with van der Waals surface area (Å²) in [7, 11) is 1.93. The second-order valence-electron chi connectivity index (χ2n) is 16.4. The molecule has 0 N–H and O–H groups in total. The molecule has 0 amide bonds. The van der Waals surface area contributed by atoms with Crippen LogP contribution < -0.4 is 0 Å². The molecule has 6 aromatic rings. The van der Waals surface area contributed by atoms with Crippen molar-refractivity contribution in [3.05, 3.63) is 125 Å². The lowest BCUT2D eigenvalue weighted by Gasteiger charge is -2.09. The number of hydrogen-bond acceptors (Lipinski definition) is 4. The summed E-state index contributed by atoms with van der Waals surface area (Å²) in [4.78, 5) is 8.83. The number of para-hydroxylation sites is 2. The molecule has 0 atom stereocenters. The molecular weight excluding hydrogens is 661 g/mol. The largest absolute Gasteiger partial charge is 0.328 e. The highest BCUT2D eigenvalue weighted by Gasteiger charge is 2.10. The lowest BCUT2D eigenvalue weighted by atomic mass is 9.96. The molecule has 54 heavy (non-hydrogen) atoms. The van der Waals surface area contributed by atoms with Crippen molar-refractivity contribution in [1.82, 2.24) is 29.5 Å². The Balaban J connectivity index is 0.000000161. The van der Waals surface area contributed by atoms with E-state index in [9.17, 15) is 0 Å². The zero-order valence-corrected chi connectivity index (χ0v) is 34.9. The van der Waals surface area contributed by atoms with Gasteiger partial charge in [0.2, 0.25) is 0 Å². The lowest BCUT2D eigenvalue weighted by Crippen LogP contribution is -2.03. The number of pyridine rings is 1. The van der Waals surface area contributed by atoms with E-state index in [0.29, 0.717) is 5.92 Å². The molecular formula is C48H66N6. The molecule has 0 aliphatic heterocycles. The molecule has 0 unspecified atom stereocenters. The fraction of sp³-hybridized carbons (Fsp3) is 0.458. The normalized spacial score (nSPS) is 11.8. The van der Waals surface area contributed by atoms with E-state index >= 15 is 0 Å². The van der Waals surface area contributed by atoms with Crippen molar-refractivity contribution in [3.63, 3.8) is 0 Å². The molecule has 1 aliphatic carbocycles. The molecule has 3 heterocycles. The van der Waals surface area contributed by atoms with Crippen molar-refractivity contribution in [2.45, 2.75) is 114 Å². The average molecular weight is 727 g/mol. The van der Waals surface area contributed by atoms with Gasteiger partial charge in [-0.2, -0.15) is 0 Å². The van der Waals surface area contributed by atoms with Crippen LogP contribution in [0, 0.1) is 30.6 Å². The number of aryl methyl sites for hydroxylation is 4. The topological polar surface area (TPSA) is 61.4 Å². The van der Waals surface area contributed by atoms with Crippen molar-refractivity contribution in [2.24, 2.45) is 30.7 Å². The highest BCUT2D eigenvalue weighted by molar-refractivity contribution is 5.76. The Morgan fingerprint density at radius 2 is 1.44 bits per heavy atom. The summed E-state index contributed by atoms with van der Waals surface area (Å²) in [5.74, 6) is 4.12. The van der Waals surface area contributed by atoms with Crippen LogP contribution in [0.15, 0.2) is 91.1 Å². The van der Waals surface area contributed by atoms with E-state index in [1.165, 1.54) is 59.1 Å². The van der Waals surface area contributed by atoms with Gasteiger partial charge in [-0.3, -0.25) is 4.98 Å². The van der Waals surface area contributed by atoms with Gasteiger partial charge in [0.1, 0.15) is 11.3 Å². The summed E-state index contributed by atoms with van der Waals surface area (Å²) in [6, 6.07) is 27.5. The predicted molar refractivity (Wildman–Crippen MR) is 231 cm³/mol. The fourth-order valence-corrected chi connectivity index (χ4v) is 6.76. The number of benzene rings is 3. The third-order valence-corrected chi connectivity index (χ3v) is 9.57. The van der Waals surface area contributed by atoms with Crippen LogP contribution in [-0.2, 0) is 39.3 Å². The molecule has 0 radical (unpaired) electrons. The first-order valence-electron chi connectivity index (χ1n) is 20.3. The fourth-order valence-electron chi connectivity index (χ4n) is 6.76. The predicted octanol–water partition coefficient (Wildman–Crippen LogP) is 12.1. The van der Waals surface area contributed by atoms with Gasteiger partial charge < -0.3 is 4.57 Å². The molecule has 6 heteroatoms. The van der Waals surface area contributed by atoms with Gasteiger partial charge >= 0.3 is 0 Å². The Hall–Kier alpha value is -4.58. The lowest BCUT2D eigenvalue weighted by molar-refractivity contribution is 0.517. The molecule has 0 saturated carbocycles. The third-order valence-electron chi connectivity index (χ3n) is 9.57. The minimum Gasteiger partial charge on any atom is -0.328 e. The molecule has 0 bridgehead atoms. The van der Waals surface area contributed by atoms with Crippen LogP contribution in [0.25, 0.3) is 28.1 Å². The number of rotatable bonds is 11. The monoisotopic (exact) mass is 727 g/mol. The van der Waals surface area contributed by atoms with Crippen LogP contribution in [0.1, 0.15) is 108 Å². The second-order valence-corrected chi connectivity index (χ2v) is 16.4. The van der Waals surface area contributed by atoms with E-state index in [2.05, 4.69) is 160 Å². The summed E-state index contributed by atoms with van der Waals surface area (Å²) in [5, 5.41) is 8.03. The quantitative estimate of drug-likeness (QED) is 0.133. The standard InChI is InChI=1S/C13H18N2.C13H16.C11H15N3.C11H17N/c1-10(2)8-9-15-11(3)14-12-6-4-5-7-13(12)15;1-10(2)9-12-7-3-5-11-6-4-8-13(11)12;1-8(2)6-9-4-5-10-11(7-9)14(3)13-12-10;1-10(2)6-5-8-11-7-3-4-9-12-11/h4-7,10H,8-9H2,1-3H3;3-5,7-8,10H,6,9H2,1-2H3;4-5,7-8H,6H2,1-3H3;3-4,7,9-10H,5-6,8H2,1-2H3. The van der Waals surface area contributed by atoms with Gasteiger partial charge in [-0.15, -0.1) is 5.10 Å². The SMILES string of the molecule is CC(C)CCCc1ccccn1.CC(C)Cc1ccc2nnn(C)c2c1.CC(C)Cc1cccc2c1C=CC2.Cc1nc2ccccc2n1CCC(C)C. The highest BCUT2D eigenvalue weighted by Crippen LogP contribution is 2.25. The maximum Gasteiger partial charge on any atom is 0.113 e. The zero-order valence-electron chi connectivity index (χ0n) is 34.9. The zero-order chi connectivity index (χ0) is 39.0. The summed E-state index contributed by atoms with van der Waals surface area (Å²) >= 11 is 0. The van der Waals surface area contributed by atoms with Gasteiger partial charge in [0.25, 0.3) is 0 Å². The Labute approximate surface area is 326 Å². The van der Waals surface area contributed by atoms with Crippen molar-refractivity contribution >= 4 is 28.1 Å². The van der Waals surface area contributed by atoms with Gasteiger partial charge in [0, 0.05) is 25.5 Å². The minimum absolute atomic E-state index is 0.689. The van der Waals surface area contributed by atoms with E-state index in [1.807, 2.05) is 36.1 Å². The molecule has 0 spiro atoms. The average Bonchev–Trinajstić information content (AvgIpc) is 3.85. The Kier molecular flexibility index (Phi) is 16.7. The van der Waals surface area contributed by atoms with Crippen LogP contribution in [0.3, 0.4) is 0 Å². The smallest absolute Gasteiger partial charge is 0.113 e. The molecule has 0 fully saturated rings. The van der Waals surface area contributed by atoms with Crippen LogP contribution in [0.5, 0.6) is 0 Å². The minimum atomic E-state index is 0.689. The van der Waals surface area contributed by atoms with Gasteiger partial charge in [-0.25, -0.2) is 9.67 Å². The Morgan fingerprint density at radius 3 is 2.15 bits per heavy atom. The van der Waals surface area contributed by atoms with E-state index in [1.54, 1.807) is 0 Å². The molecule has 6 nitrogen and oxygen atoms in total. The maximum absolute atomic E-state index is 4.55. The van der Waals surface area contributed by atoms with Crippen LogP contribution in [0.2, 0.25) is 0 Å². The maximum atomic E-state index is 4.55. The third kappa shape index (κ3) is 13.4. The molecule has 3 aromatic carbocycles. The molecule has 3 aromatic heterocycles. The Morgan fingerprint density at radius 1 is 0.704 bits per heavy atom. The Bertz CT molecular complexity index is 2010. The van der Waals surface area contributed by atoms with E-state index < -0.39 is 0 Å². The molecule has 1 aliphatic rings.